The number of ether oxygens (including phenoxy) is 1. The minimum atomic E-state index is 0.249. The van der Waals surface area contributed by atoms with E-state index >= 15 is 0 Å². The van der Waals surface area contributed by atoms with Crippen LogP contribution in [0.1, 0.15) is 52.3 Å². The van der Waals surface area contributed by atoms with Crippen molar-refractivity contribution in [3.8, 4) is 11.5 Å². The van der Waals surface area contributed by atoms with Crippen LogP contribution in [0.15, 0.2) is 22.9 Å². The summed E-state index contributed by atoms with van der Waals surface area (Å²) in [5.74, 6) is 3.54. The molecular formula is C19H28N4O2. The van der Waals surface area contributed by atoms with Crippen molar-refractivity contribution in [3.05, 3.63) is 24.2 Å². The highest BCUT2D eigenvalue weighted by molar-refractivity contribution is 5.57. The molecule has 0 unspecified atom stereocenters. The van der Waals surface area contributed by atoms with Crippen LogP contribution >= 0.6 is 0 Å². The Morgan fingerprint density at radius 2 is 2.12 bits per heavy atom. The van der Waals surface area contributed by atoms with Crippen molar-refractivity contribution >= 4 is 5.82 Å². The minimum Gasteiger partial charge on any atom is -0.378 e. The lowest BCUT2D eigenvalue weighted by Crippen LogP contribution is -2.32. The zero-order chi connectivity index (χ0) is 17.8. The van der Waals surface area contributed by atoms with E-state index in [1.54, 1.807) is 6.20 Å². The number of aromatic nitrogens is 3. The SMILES string of the molecule is CC(C)c1noc(-c2ccnc(NC[C@H]3CCO[C@H](C(C)C)C3)c2)n1. The Balaban J connectivity index is 1.61. The number of hydrogen-bond donors (Lipinski definition) is 1. The molecular weight excluding hydrogens is 316 g/mol. The van der Waals surface area contributed by atoms with Gasteiger partial charge in [0.1, 0.15) is 5.82 Å². The van der Waals surface area contributed by atoms with Crippen LogP contribution < -0.4 is 5.32 Å². The summed E-state index contributed by atoms with van der Waals surface area (Å²) in [6, 6.07) is 3.86. The molecule has 25 heavy (non-hydrogen) atoms. The van der Waals surface area contributed by atoms with Gasteiger partial charge in [-0.15, -0.1) is 0 Å². The molecule has 1 aliphatic heterocycles. The van der Waals surface area contributed by atoms with E-state index in [4.69, 9.17) is 9.26 Å². The van der Waals surface area contributed by atoms with Crippen LogP contribution in [-0.4, -0.2) is 34.4 Å². The van der Waals surface area contributed by atoms with E-state index in [0.717, 1.165) is 43.2 Å². The molecule has 136 valence electrons. The Kier molecular flexibility index (Phi) is 5.68. The van der Waals surface area contributed by atoms with E-state index < -0.39 is 0 Å². The second-order valence-corrected chi connectivity index (χ2v) is 7.47. The van der Waals surface area contributed by atoms with Gasteiger partial charge in [-0.3, -0.25) is 0 Å². The lowest BCUT2D eigenvalue weighted by atomic mass is 9.90. The highest BCUT2D eigenvalue weighted by atomic mass is 16.5. The summed E-state index contributed by atoms with van der Waals surface area (Å²) in [5.41, 5.74) is 0.893. The first kappa shape index (κ1) is 17.9. The number of hydrogen-bond acceptors (Lipinski definition) is 6. The Labute approximate surface area is 149 Å². The van der Waals surface area contributed by atoms with E-state index in [0.29, 0.717) is 23.8 Å². The highest BCUT2D eigenvalue weighted by Gasteiger charge is 2.24. The van der Waals surface area contributed by atoms with E-state index in [2.05, 4.69) is 34.3 Å². The fraction of sp³-hybridized carbons (Fsp3) is 0.632. The smallest absolute Gasteiger partial charge is 0.258 e. The Morgan fingerprint density at radius 3 is 2.84 bits per heavy atom. The fourth-order valence-electron chi connectivity index (χ4n) is 3.05. The van der Waals surface area contributed by atoms with Crippen LogP contribution in [0.25, 0.3) is 11.5 Å². The van der Waals surface area contributed by atoms with Crippen molar-refractivity contribution in [3.63, 3.8) is 0 Å². The van der Waals surface area contributed by atoms with Crippen molar-refractivity contribution in [2.75, 3.05) is 18.5 Å². The first-order chi connectivity index (χ1) is 12.0. The summed E-state index contributed by atoms with van der Waals surface area (Å²) >= 11 is 0. The van der Waals surface area contributed by atoms with E-state index in [9.17, 15) is 0 Å². The molecule has 0 saturated carbocycles. The monoisotopic (exact) mass is 344 g/mol. The van der Waals surface area contributed by atoms with E-state index in [1.807, 2.05) is 26.0 Å². The van der Waals surface area contributed by atoms with Gasteiger partial charge in [0.15, 0.2) is 5.82 Å². The standard InChI is InChI=1S/C19H28N4O2/c1-12(2)16-9-14(6-8-24-16)11-21-17-10-15(5-7-20-17)19-22-18(13(3)4)23-25-19/h5,7,10,12-14,16H,6,8-9,11H2,1-4H3,(H,20,21)/t14-,16-/m0/s1. The topological polar surface area (TPSA) is 73.1 Å². The molecule has 1 N–H and O–H groups in total. The van der Waals surface area contributed by atoms with Crippen LogP contribution in [0.2, 0.25) is 0 Å². The van der Waals surface area contributed by atoms with Gasteiger partial charge in [0, 0.05) is 30.8 Å². The van der Waals surface area contributed by atoms with Crippen LogP contribution in [-0.2, 0) is 4.74 Å². The second kappa shape index (κ2) is 7.95. The molecule has 2 atom stereocenters. The molecule has 0 spiro atoms. The third-order valence-electron chi connectivity index (χ3n) is 4.70. The van der Waals surface area contributed by atoms with Crippen LogP contribution in [0.4, 0.5) is 5.82 Å². The molecule has 1 aliphatic rings. The number of pyridine rings is 1. The summed E-state index contributed by atoms with van der Waals surface area (Å²) < 4.78 is 11.2. The number of anilines is 1. The van der Waals surface area contributed by atoms with E-state index in [-0.39, 0.29) is 5.92 Å². The highest BCUT2D eigenvalue weighted by Crippen LogP contribution is 2.26. The van der Waals surface area contributed by atoms with Gasteiger partial charge in [-0.25, -0.2) is 4.98 Å². The average Bonchev–Trinajstić information content (AvgIpc) is 3.11. The molecule has 0 amide bonds. The van der Waals surface area contributed by atoms with Crippen molar-refractivity contribution in [2.45, 2.75) is 52.6 Å². The first-order valence-electron chi connectivity index (χ1n) is 9.18. The summed E-state index contributed by atoms with van der Waals surface area (Å²) in [6.45, 7) is 10.3. The first-order valence-corrected chi connectivity index (χ1v) is 9.18. The predicted octanol–water partition coefficient (Wildman–Crippen LogP) is 4.12. The van der Waals surface area contributed by atoms with Gasteiger partial charge in [-0.1, -0.05) is 32.9 Å². The van der Waals surface area contributed by atoms with Gasteiger partial charge in [0.25, 0.3) is 5.89 Å². The molecule has 0 bridgehead atoms. The zero-order valence-corrected chi connectivity index (χ0v) is 15.5. The Hall–Kier alpha value is -1.95. The number of rotatable bonds is 6. The summed E-state index contributed by atoms with van der Waals surface area (Å²) in [7, 11) is 0. The number of nitrogens with zero attached hydrogens (tertiary/aromatic N) is 3. The summed E-state index contributed by atoms with van der Waals surface area (Å²) in [5, 5.41) is 7.48. The van der Waals surface area contributed by atoms with Crippen molar-refractivity contribution in [1.82, 2.24) is 15.1 Å². The van der Waals surface area contributed by atoms with Crippen LogP contribution in [0.5, 0.6) is 0 Å². The van der Waals surface area contributed by atoms with Gasteiger partial charge < -0.3 is 14.6 Å². The molecule has 6 heteroatoms. The molecule has 0 aromatic carbocycles. The second-order valence-electron chi connectivity index (χ2n) is 7.47. The molecule has 2 aromatic heterocycles. The maximum Gasteiger partial charge on any atom is 0.258 e. The normalized spacial score (nSPS) is 21.0. The van der Waals surface area contributed by atoms with Crippen LogP contribution in [0, 0.1) is 11.8 Å². The molecule has 1 fully saturated rings. The molecule has 3 rings (SSSR count). The van der Waals surface area contributed by atoms with Gasteiger partial charge in [0.05, 0.1) is 6.10 Å². The average molecular weight is 344 g/mol. The number of nitrogens with one attached hydrogen (secondary N) is 1. The molecule has 3 heterocycles. The fourth-order valence-corrected chi connectivity index (χ4v) is 3.05. The predicted molar refractivity (Wildman–Crippen MR) is 97.4 cm³/mol. The third kappa shape index (κ3) is 4.57. The van der Waals surface area contributed by atoms with Gasteiger partial charge in [-0.2, -0.15) is 4.98 Å². The molecule has 2 aromatic rings. The zero-order valence-electron chi connectivity index (χ0n) is 15.5. The maximum absolute atomic E-state index is 5.85. The largest absolute Gasteiger partial charge is 0.378 e. The molecule has 1 saturated heterocycles. The van der Waals surface area contributed by atoms with E-state index in [1.165, 1.54) is 0 Å². The molecule has 0 aliphatic carbocycles. The lowest BCUT2D eigenvalue weighted by molar-refractivity contribution is -0.0314. The third-order valence-corrected chi connectivity index (χ3v) is 4.70. The van der Waals surface area contributed by atoms with Crippen LogP contribution in [0.3, 0.4) is 0 Å². The van der Waals surface area contributed by atoms with Gasteiger partial charge >= 0.3 is 0 Å². The molecule has 0 radical (unpaired) electrons. The quantitative estimate of drug-likeness (QED) is 0.850. The van der Waals surface area contributed by atoms with Gasteiger partial charge in [-0.05, 0) is 36.8 Å². The minimum absolute atomic E-state index is 0.249. The lowest BCUT2D eigenvalue weighted by Gasteiger charge is -2.32. The maximum atomic E-state index is 5.85. The van der Waals surface area contributed by atoms with Crippen molar-refractivity contribution in [1.29, 1.82) is 0 Å². The van der Waals surface area contributed by atoms with Crippen molar-refractivity contribution in [2.24, 2.45) is 11.8 Å². The summed E-state index contributed by atoms with van der Waals surface area (Å²) in [6.07, 6.45) is 4.34. The Morgan fingerprint density at radius 1 is 1.28 bits per heavy atom. The van der Waals surface area contributed by atoms with Crippen molar-refractivity contribution < 1.29 is 9.26 Å². The molecule has 6 nitrogen and oxygen atoms in total. The van der Waals surface area contributed by atoms with Gasteiger partial charge in [0.2, 0.25) is 0 Å². The summed E-state index contributed by atoms with van der Waals surface area (Å²) in [4.78, 5) is 8.86. The Bertz CT molecular complexity index is 684.